The number of phenolic OH excluding ortho intramolecular Hbond substituents is 1. The first-order valence-electron chi connectivity index (χ1n) is 5.93. The van der Waals surface area contributed by atoms with Crippen molar-refractivity contribution < 1.29 is 14.3 Å². The minimum Gasteiger partial charge on any atom is -0.508 e. The van der Waals surface area contributed by atoms with Crippen LogP contribution >= 0.6 is 0 Å². The van der Waals surface area contributed by atoms with E-state index in [0.29, 0.717) is 5.56 Å². The van der Waals surface area contributed by atoms with Crippen LogP contribution in [0.15, 0.2) is 48.5 Å². The third-order valence-corrected chi connectivity index (χ3v) is 2.75. The predicted molar refractivity (Wildman–Crippen MR) is 70.1 cm³/mol. The van der Waals surface area contributed by atoms with Gasteiger partial charge in [0.25, 0.3) is 0 Å². The highest BCUT2D eigenvalue weighted by Crippen LogP contribution is 2.14. The van der Waals surface area contributed by atoms with E-state index in [2.05, 4.69) is 5.32 Å². The highest BCUT2D eigenvalue weighted by Gasteiger charge is 2.05. The number of nitrogens with one attached hydrogen (secondary N) is 1. The second-order valence-electron chi connectivity index (χ2n) is 4.21. The maximum absolute atomic E-state index is 12.7. The van der Waals surface area contributed by atoms with Crippen LogP contribution in [0.2, 0.25) is 0 Å². The number of carbonyl (C=O) groups is 1. The van der Waals surface area contributed by atoms with Crippen molar-refractivity contribution in [1.82, 2.24) is 5.32 Å². The first kappa shape index (κ1) is 13.1. The van der Waals surface area contributed by atoms with Gasteiger partial charge in [-0.1, -0.05) is 30.3 Å². The standard InChI is InChI=1S/C15H14FNO2/c16-13-7-5-11(6-8-13)9-15(19)17-10-12-3-1-2-4-14(12)18/h1-8,18H,9-10H2,(H,17,19). The predicted octanol–water partition coefficient (Wildman–Crippen LogP) is 2.39. The van der Waals surface area contributed by atoms with Gasteiger partial charge in [0, 0.05) is 12.1 Å². The summed E-state index contributed by atoms with van der Waals surface area (Å²) in [5.41, 5.74) is 1.41. The summed E-state index contributed by atoms with van der Waals surface area (Å²) in [6.07, 6.45) is 0.188. The van der Waals surface area contributed by atoms with Gasteiger partial charge in [0.05, 0.1) is 6.42 Å². The Morgan fingerprint density at radius 1 is 1.11 bits per heavy atom. The normalized spacial score (nSPS) is 10.2. The Bertz CT molecular complexity index is 567. The molecule has 2 N–H and O–H groups in total. The zero-order valence-electron chi connectivity index (χ0n) is 10.3. The lowest BCUT2D eigenvalue weighted by Crippen LogP contribution is -2.24. The number of carbonyl (C=O) groups excluding carboxylic acids is 1. The number of rotatable bonds is 4. The molecule has 0 aromatic heterocycles. The van der Waals surface area contributed by atoms with E-state index in [1.807, 2.05) is 0 Å². The summed E-state index contributed by atoms with van der Waals surface area (Å²) in [5, 5.41) is 12.3. The summed E-state index contributed by atoms with van der Waals surface area (Å²) < 4.78 is 12.7. The maximum Gasteiger partial charge on any atom is 0.224 e. The minimum absolute atomic E-state index is 0.157. The molecule has 2 aromatic rings. The zero-order chi connectivity index (χ0) is 13.7. The molecule has 0 aliphatic heterocycles. The first-order chi connectivity index (χ1) is 9.15. The van der Waals surface area contributed by atoms with E-state index in [1.165, 1.54) is 12.1 Å². The van der Waals surface area contributed by atoms with Gasteiger partial charge in [0.1, 0.15) is 11.6 Å². The van der Waals surface area contributed by atoms with E-state index in [0.717, 1.165) is 5.56 Å². The molecule has 2 aromatic carbocycles. The van der Waals surface area contributed by atoms with Crippen LogP contribution in [-0.2, 0) is 17.8 Å². The fraction of sp³-hybridized carbons (Fsp3) is 0.133. The molecule has 0 saturated carbocycles. The van der Waals surface area contributed by atoms with Crippen molar-refractivity contribution in [2.24, 2.45) is 0 Å². The molecule has 0 aliphatic rings. The van der Waals surface area contributed by atoms with E-state index < -0.39 is 0 Å². The second-order valence-corrected chi connectivity index (χ2v) is 4.21. The topological polar surface area (TPSA) is 49.3 Å². The molecule has 0 atom stereocenters. The Kier molecular flexibility index (Phi) is 4.13. The van der Waals surface area contributed by atoms with Crippen molar-refractivity contribution in [2.45, 2.75) is 13.0 Å². The highest BCUT2D eigenvalue weighted by molar-refractivity contribution is 5.78. The summed E-state index contributed by atoms with van der Waals surface area (Å²) in [4.78, 5) is 11.7. The molecule has 2 rings (SSSR count). The highest BCUT2D eigenvalue weighted by atomic mass is 19.1. The molecule has 0 spiro atoms. The summed E-state index contributed by atoms with van der Waals surface area (Å²) in [6.45, 7) is 0.271. The SMILES string of the molecule is O=C(Cc1ccc(F)cc1)NCc1ccccc1O. The summed E-state index contributed by atoms with van der Waals surface area (Å²) in [7, 11) is 0. The molecule has 0 radical (unpaired) electrons. The van der Waals surface area contributed by atoms with Gasteiger partial charge in [-0.15, -0.1) is 0 Å². The fourth-order valence-corrected chi connectivity index (χ4v) is 1.70. The van der Waals surface area contributed by atoms with Crippen molar-refractivity contribution in [2.75, 3.05) is 0 Å². The molecule has 0 saturated heterocycles. The Labute approximate surface area is 110 Å². The average Bonchev–Trinajstić information content (AvgIpc) is 2.40. The van der Waals surface area contributed by atoms with E-state index in [9.17, 15) is 14.3 Å². The van der Waals surface area contributed by atoms with E-state index in [-0.39, 0.29) is 30.4 Å². The van der Waals surface area contributed by atoms with Crippen molar-refractivity contribution in [1.29, 1.82) is 0 Å². The van der Waals surface area contributed by atoms with Crippen LogP contribution in [0.25, 0.3) is 0 Å². The quantitative estimate of drug-likeness (QED) is 0.885. The van der Waals surface area contributed by atoms with Gasteiger partial charge in [-0.05, 0) is 23.8 Å². The molecule has 19 heavy (non-hydrogen) atoms. The lowest BCUT2D eigenvalue weighted by molar-refractivity contribution is -0.120. The largest absolute Gasteiger partial charge is 0.508 e. The molecule has 98 valence electrons. The lowest BCUT2D eigenvalue weighted by Gasteiger charge is -2.07. The number of halogens is 1. The van der Waals surface area contributed by atoms with Gasteiger partial charge in [-0.3, -0.25) is 4.79 Å². The smallest absolute Gasteiger partial charge is 0.224 e. The number of amides is 1. The van der Waals surface area contributed by atoms with Crippen LogP contribution in [0.1, 0.15) is 11.1 Å². The Morgan fingerprint density at radius 3 is 2.47 bits per heavy atom. The average molecular weight is 259 g/mol. The van der Waals surface area contributed by atoms with Gasteiger partial charge in [-0.25, -0.2) is 4.39 Å². The van der Waals surface area contributed by atoms with Crippen LogP contribution in [-0.4, -0.2) is 11.0 Å². The third-order valence-electron chi connectivity index (χ3n) is 2.75. The number of para-hydroxylation sites is 1. The Balaban J connectivity index is 1.88. The molecule has 4 heteroatoms. The van der Waals surface area contributed by atoms with Crippen molar-refractivity contribution in [3.05, 3.63) is 65.5 Å². The molecule has 0 unspecified atom stereocenters. The molecule has 0 fully saturated rings. The maximum atomic E-state index is 12.7. The molecule has 0 bridgehead atoms. The molecular formula is C15H14FNO2. The van der Waals surface area contributed by atoms with Gasteiger partial charge in [-0.2, -0.15) is 0 Å². The van der Waals surface area contributed by atoms with Crippen molar-refractivity contribution >= 4 is 5.91 Å². The van der Waals surface area contributed by atoms with Crippen molar-refractivity contribution in [3.63, 3.8) is 0 Å². The van der Waals surface area contributed by atoms with Crippen LogP contribution in [0, 0.1) is 5.82 Å². The van der Waals surface area contributed by atoms with Gasteiger partial charge < -0.3 is 10.4 Å². The van der Waals surface area contributed by atoms with Crippen LogP contribution in [0.4, 0.5) is 4.39 Å². The van der Waals surface area contributed by atoms with E-state index in [1.54, 1.807) is 36.4 Å². The zero-order valence-corrected chi connectivity index (χ0v) is 10.3. The van der Waals surface area contributed by atoms with Crippen molar-refractivity contribution in [3.8, 4) is 5.75 Å². The van der Waals surface area contributed by atoms with Gasteiger partial charge >= 0.3 is 0 Å². The molecule has 3 nitrogen and oxygen atoms in total. The van der Waals surface area contributed by atoms with E-state index in [4.69, 9.17) is 0 Å². The summed E-state index contributed by atoms with van der Waals surface area (Å²) >= 11 is 0. The van der Waals surface area contributed by atoms with Crippen LogP contribution in [0.5, 0.6) is 5.75 Å². The number of benzene rings is 2. The van der Waals surface area contributed by atoms with E-state index >= 15 is 0 Å². The lowest BCUT2D eigenvalue weighted by atomic mass is 10.1. The molecule has 0 aliphatic carbocycles. The second kappa shape index (κ2) is 6.00. The van der Waals surface area contributed by atoms with Gasteiger partial charge in [0.2, 0.25) is 5.91 Å². The minimum atomic E-state index is -0.321. The molecular weight excluding hydrogens is 245 g/mol. The monoisotopic (exact) mass is 259 g/mol. The first-order valence-corrected chi connectivity index (χ1v) is 5.93. The van der Waals surface area contributed by atoms with Crippen LogP contribution in [0.3, 0.4) is 0 Å². The number of hydrogen-bond donors (Lipinski definition) is 2. The van der Waals surface area contributed by atoms with Crippen LogP contribution < -0.4 is 5.32 Å². The Hall–Kier alpha value is -2.36. The fourth-order valence-electron chi connectivity index (χ4n) is 1.70. The number of hydrogen-bond acceptors (Lipinski definition) is 2. The molecule has 0 heterocycles. The van der Waals surface area contributed by atoms with Gasteiger partial charge in [0.15, 0.2) is 0 Å². The summed E-state index contributed by atoms with van der Waals surface area (Å²) in [5.74, 6) is -0.335. The number of phenols is 1. The summed E-state index contributed by atoms with van der Waals surface area (Å²) in [6, 6.07) is 12.6. The Morgan fingerprint density at radius 2 is 1.79 bits per heavy atom. The number of aromatic hydroxyl groups is 1. The molecule has 1 amide bonds. The third kappa shape index (κ3) is 3.81.